The minimum Gasteiger partial charge on any atom is -0.394 e. The number of anilines is 1. The monoisotopic (exact) mass is 346 g/mol. The van der Waals surface area contributed by atoms with Crippen molar-refractivity contribution in [3.63, 3.8) is 0 Å². The Morgan fingerprint density at radius 2 is 2.28 bits per heavy atom. The van der Waals surface area contributed by atoms with Gasteiger partial charge in [-0.1, -0.05) is 0 Å². The average Bonchev–Trinajstić information content (AvgIpc) is 3.22. The third kappa shape index (κ3) is 2.48. The SMILES string of the molecule is N#CC1(Cn2c(=O)n([C@@H]3O[C@H](CO)C[C@H]3O)c3nc(N)ncc32)CC1. The standard InChI is InChI=1S/C15H18N6O4/c16-6-15(1-2-15)7-20-9-4-18-13(17)19-11(9)21(14(20)24)12-10(23)3-8(5-22)25-12/h4,8,10,12,22-23H,1-3,5,7H2,(H2,17,18,19)/t8-,10+,12+/m0/s1. The maximum absolute atomic E-state index is 13.0. The van der Waals surface area contributed by atoms with Crippen LogP contribution in [0, 0.1) is 16.7 Å². The van der Waals surface area contributed by atoms with Gasteiger partial charge >= 0.3 is 5.69 Å². The number of aliphatic hydroxyl groups excluding tert-OH is 2. The molecule has 0 radical (unpaired) electrons. The summed E-state index contributed by atoms with van der Waals surface area (Å²) in [5.74, 6) is -0.00832. The maximum atomic E-state index is 13.0. The Labute approximate surface area is 142 Å². The molecule has 3 atom stereocenters. The lowest BCUT2D eigenvalue weighted by atomic mass is 10.1. The first-order valence-corrected chi connectivity index (χ1v) is 8.07. The first kappa shape index (κ1) is 16.0. The van der Waals surface area contributed by atoms with E-state index in [0.29, 0.717) is 5.52 Å². The van der Waals surface area contributed by atoms with Crippen molar-refractivity contribution < 1.29 is 14.9 Å². The van der Waals surface area contributed by atoms with Gasteiger partial charge in [-0.25, -0.2) is 14.3 Å². The number of aromatic nitrogens is 4. The number of hydrogen-bond donors (Lipinski definition) is 3. The summed E-state index contributed by atoms with van der Waals surface area (Å²) in [6.45, 7) is -0.0268. The summed E-state index contributed by atoms with van der Waals surface area (Å²) in [6.07, 6.45) is 0.618. The molecule has 4 N–H and O–H groups in total. The molecule has 4 rings (SSSR count). The Kier molecular flexibility index (Phi) is 3.54. The van der Waals surface area contributed by atoms with E-state index in [1.807, 2.05) is 0 Å². The highest BCUT2D eigenvalue weighted by molar-refractivity contribution is 5.72. The summed E-state index contributed by atoms with van der Waals surface area (Å²) < 4.78 is 8.28. The summed E-state index contributed by atoms with van der Waals surface area (Å²) in [5, 5.41) is 28.9. The van der Waals surface area contributed by atoms with Gasteiger partial charge in [-0.3, -0.25) is 4.57 Å². The fraction of sp³-hybridized carbons (Fsp3) is 0.600. The van der Waals surface area contributed by atoms with Crippen LogP contribution in [0.1, 0.15) is 25.5 Å². The number of nitriles is 1. The number of nitrogens with two attached hydrogens (primary N) is 1. The zero-order valence-electron chi connectivity index (χ0n) is 13.4. The van der Waals surface area contributed by atoms with E-state index >= 15 is 0 Å². The predicted molar refractivity (Wildman–Crippen MR) is 85.1 cm³/mol. The third-order valence-electron chi connectivity index (χ3n) is 4.90. The fourth-order valence-electron chi connectivity index (χ4n) is 3.29. The first-order valence-electron chi connectivity index (χ1n) is 8.07. The van der Waals surface area contributed by atoms with Crippen LogP contribution in [0.15, 0.2) is 11.0 Å². The van der Waals surface area contributed by atoms with Crippen LogP contribution >= 0.6 is 0 Å². The highest BCUT2D eigenvalue weighted by atomic mass is 16.5. The molecule has 0 bridgehead atoms. The molecule has 2 aromatic rings. The molecule has 0 unspecified atom stereocenters. The third-order valence-corrected chi connectivity index (χ3v) is 4.90. The van der Waals surface area contributed by atoms with Crippen molar-refractivity contribution in [3.8, 4) is 6.07 Å². The molecule has 2 fully saturated rings. The number of imidazole rings is 1. The van der Waals surface area contributed by atoms with Crippen molar-refractivity contribution in [1.82, 2.24) is 19.1 Å². The largest absolute Gasteiger partial charge is 0.394 e. The molecular formula is C15H18N6O4. The molecule has 2 aliphatic rings. The Bertz CT molecular complexity index is 924. The molecule has 0 amide bonds. The average molecular weight is 346 g/mol. The van der Waals surface area contributed by atoms with Gasteiger partial charge in [0.2, 0.25) is 5.95 Å². The normalized spacial score (nSPS) is 27.5. The van der Waals surface area contributed by atoms with Crippen molar-refractivity contribution >= 4 is 17.1 Å². The van der Waals surface area contributed by atoms with Crippen molar-refractivity contribution in [2.75, 3.05) is 12.3 Å². The van der Waals surface area contributed by atoms with Gasteiger partial charge in [0.1, 0.15) is 11.6 Å². The van der Waals surface area contributed by atoms with Crippen LogP contribution in [-0.2, 0) is 11.3 Å². The number of nitrogens with zero attached hydrogens (tertiary/aromatic N) is 5. The lowest BCUT2D eigenvalue weighted by Crippen LogP contribution is -2.33. The molecule has 3 heterocycles. The molecule has 1 aliphatic carbocycles. The van der Waals surface area contributed by atoms with Crippen LogP contribution in [0.5, 0.6) is 0 Å². The molecule has 10 nitrogen and oxygen atoms in total. The molecule has 25 heavy (non-hydrogen) atoms. The van der Waals surface area contributed by atoms with Gasteiger partial charge in [0.05, 0.1) is 30.4 Å². The molecule has 10 heteroatoms. The minimum absolute atomic E-state index is 0.00832. The summed E-state index contributed by atoms with van der Waals surface area (Å²) >= 11 is 0. The quantitative estimate of drug-likeness (QED) is 0.645. The second kappa shape index (κ2) is 5.52. The predicted octanol–water partition coefficient (Wildman–Crippen LogP) is -0.880. The van der Waals surface area contributed by atoms with E-state index in [-0.39, 0.29) is 31.2 Å². The molecule has 1 aliphatic heterocycles. The zero-order chi connectivity index (χ0) is 17.8. The molecule has 1 saturated heterocycles. The number of hydrogen-bond acceptors (Lipinski definition) is 8. The fourth-order valence-corrected chi connectivity index (χ4v) is 3.29. The minimum atomic E-state index is -0.972. The summed E-state index contributed by atoms with van der Waals surface area (Å²) in [7, 11) is 0. The van der Waals surface area contributed by atoms with Crippen molar-refractivity contribution in [1.29, 1.82) is 5.26 Å². The number of nitrogen functional groups attached to an aromatic ring is 1. The van der Waals surface area contributed by atoms with Gasteiger partial charge in [0.15, 0.2) is 11.9 Å². The Balaban J connectivity index is 1.87. The van der Waals surface area contributed by atoms with Gasteiger partial charge < -0.3 is 20.7 Å². The molecule has 1 saturated carbocycles. The molecular weight excluding hydrogens is 328 g/mol. The second-order valence-electron chi connectivity index (χ2n) is 6.70. The van der Waals surface area contributed by atoms with Crippen molar-refractivity contribution in [3.05, 3.63) is 16.7 Å². The molecule has 132 valence electrons. The van der Waals surface area contributed by atoms with E-state index in [4.69, 9.17) is 10.5 Å². The summed E-state index contributed by atoms with van der Waals surface area (Å²) in [4.78, 5) is 21.1. The van der Waals surface area contributed by atoms with E-state index in [2.05, 4.69) is 16.0 Å². The Morgan fingerprint density at radius 3 is 2.88 bits per heavy atom. The number of aliphatic hydroxyl groups is 2. The van der Waals surface area contributed by atoms with Crippen LogP contribution in [0.3, 0.4) is 0 Å². The number of rotatable bonds is 4. The lowest BCUT2D eigenvalue weighted by molar-refractivity contribution is -0.0506. The summed E-state index contributed by atoms with van der Waals surface area (Å²) in [5.41, 5.74) is 5.35. The van der Waals surface area contributed by atoms with Crippen LogP contribution in [0.2, 0.25) is 0 Å². The number of ether oxygens (including phenoxy) is 1. The highest BCUT2D eigenvalue weighted by Crippen LogP contribution is 2.46. The summed E-state index contributed by atoms with van der Waals surface area (Å²) in [6, 6.07) is 2.26. The Morgan fingerprint density at radius 1 is 1.52 bits per heavy atom. The van der Waals surface area contributed by atoms with Gasteiger partial charge in [-0.2, -0.15) is 10.2 Å². The van der Waals surface area contributed by atoms with Crippen LogP contribution in [0.25, 0.3) is 11.2 Å². The zero-order valence-corrected chi connectivity index (χ0v) is 13.4. The first-order chi connectivity index (χ1) is 12.0. The van der Waals surface area contributed by atoms with E-state index in [1.165, 1.54) is 15.3 Å². The lowest BCUT2D eigenvalue weighted by Gasteiger charge is -2.15. The van der Waals surface area contributed by atoms with Gasteiger partial charge in [0, 0.05) is 13.0 Å². The maximum Gasteiger partial charge on any atom is 0.332 e. The van der Waals surface area contributed by atoms with E-state index in [9.17, 15) is 20.3 Å². The second-order valence-corrected chi connectivity index (χ2v) is 6.70. The van der Waals surface area contributed by atoms with Gasteiger partial charge in [-0.15, -0.1) is 0 Å². The molecule has 0 spiro atoms. The van der Waals surface area contributed by atoms with E-state index < -0.39 is 29.5 Å². The van der Waals surface area contributed by atoms with Crippen molar-refractivity contribution in [2.24, 2.45) is 5.41 Å². The Hall–Kier alpha value is -2.48. The number of fused-ring (bicyclic) bond motifs is 1. The smallest absolute Gasteiger partial charge is 0.332 e. The molecule has 0 aromatic carbocycles. The van der Waals surface area contributed by atoms with E-state index in [0.717, 1.165) is 12.8 Å². The molecule has 2 aromatic heterocycles. The topological polar surface area (TPSA) is 152 Å². The highest BCUT2D eigenvalue weighted by Gasteiger charge is 2.45. The van der Waals surface area contributed by atoms with Gasteiger partial charge in [0.25, 0.3) is 0 Å². The van der Waals surface area contributed by atoms with Crippen LogP contribution in [0.4, 0.5) is 5.95 Å². The van der Waals surface area contributed by atoms with Crippen LogP contribution in [-0.4, -0.2) is 48.1 Å². The van der Waals surface area contributed by atoms with Crippen LogP contribution < -0.4 is 11.4 Å². The van der Waals surface area contributed by atoms with Crippen molar-refractivity contribution in [2.45, 2.75) is 44.2 Å². The van der Waals surface area contributed by atoms with Gasteiger partial charge in [-0.05, 0) is 12.8 Å². The van der Waals surface area contributed by atoms with E-state index in [1.54, 1.807) is 0 Å².